The summed E-state index contributed by atoms with van der Waals surface area (Å²) in [5, 5.41) is 9.16. The fourth-order valence-corrected chi connectivity index (χ4v) is 3.26. The van der Waals surface area contributed by atoms with Crippen LogP contribution in [0.3, 0.4) is 0 Å². The first kappa shape index (κ1) is 25.3. The molecule has 2 rings (SSSR count). The van der Waals surface area contributed by atoms with Gasteiger partial charge < -0.3 is 24.8 Å². The van der Waals surface area contributed by atoms with Crippen LogP contribution in [-0.4, -0.2) is 51.6 Å². The molecule has 2 N–H and O–H groups in total. The van der Waals surface area contributed by atoms with Crippen LogP contribution in [0.5, 0.6) is 0 Å². The molecular formula is C22H30N4O5S. The maximum atomic E-state index is 12.4. The number of para-hydroxylation sites is 1. The molecule has 0 fully saturated rings. The third kappa shape index (κ3) is 8.62. The average Bonchev–Trinajstić information content (AvgIpc) is 3.10. The SMILES string of the molecule is CCN(Cc1ccccc1NC(=O)CSCC(=O)Nc1cc(C)on1)C(=O)OC(C)(C)C. The van der Waals surface area contributed by atoms with Crippen molar-refractivity contribution < 1.29 is 23.6 Å². The Bertz CT molecular complexity index is 938. The Balaban J connectivity index is 1.87. The first-order chi connectivity index (χ1) is 15.1. The number of hydrogen-bond acceptors (Lipinski definition) is 7. The van der Waals surface area contributed by atoms with E-state index in [1.54, 1.807) is 24.0 Å². The lowest BCUT2D eigenvalue weighted by Gasteiger charge is -2.27. The number of anilines is 2. The van der Waals surface area contributed by atoms with E-state index < -0.39 is 11.7 Å². The van der Waals surface area contributed by atoms with Crippen LogP contribution in [0.15, 0.2) is 34.9 Å². The molecule has 0 atom stereocenters. The number of thioether (sulfide) groups is 1. The summed E-state index contributed by atoms with van der Waals surface area (Å²) in [4.78, 5) is 38.3. The summed E-state index contributed by atoms with van der Waals surface area (Å²) in [5.41, 5.74) is 0.814. The van der Waals surface area contributed by atoms with E-state index in [2.05, 4.69) is 15.8 Å². The molecule has 1 aromatic carbocycles. The Kier molecular flexibility index (Phi) is 9.13. The molecule has 0 unspecified atom stereocenters. The van der Waals surface area contributed by atoms with Gasteiger partial charge in [0.2, 0.25) is 11.8 Å². The quantitative estimate of drug-likeness (QED) is 0.578. The minimum absolute atomic E-state index is 0.100. The number of ether oxygens (including phenoxy) is 1. The van der Waals surface area contributed by atoms with Gasteiger partial charge >= 0.3 is 6.09 Å². The van der Waals surface area contributed by atoms with Crippen LogP contribution in [0, 0.1) is 6.92 Å². The molecule has 2 aromatic rings. The second-order valence-corrected chi connectivity index (χ2v) is 9.05. The molecule has 9 nitrogen and oxygen atoms in total. The van der Waals surface area contributed by atoms with Crippen molar-refractivity contribution in [2.24, 2.45) is 0 Å². The smallest absolute Gasteiger partial charge is 0.410 e. The van der Waals surface area contributed by atoms with Crippen molar-refractivity contribution >= 4 is 41.2 Å². The number of aryl methyl sites for hydroxylation is 1. The van der Waals surface area contributed by atoms with E-state index in [1.807, 2.05) is 45.9 Å². The van der Waals surface area contributed by atoms with Crippen molar-refractivity contribution in [1.29, 1.82) is 0 Å². The van der Waals surface area contributed by atoms with E-state index in [4.69, 9.17) is 9.26 Å². The van der Waals surface area contributed by atoms with Crippen LogP contribution in [0.1, 0.15) is 39.0 Å². The second-order valence-electron chi connectivity index (χ2n) is 8.06. The number of aromatic nitrogens is 1. The average molecular weight is 463 g/mol. The molecule has 0 saturated heterocycles. The van der Waals surface area contributed by atoms with Gasteiger partial charge in [0.05, 0.1) is 18.1 Å². The zero-order chi connectivity index (χ0) is 23.7. The fourth-order valence-electron chi connectivity index (χ4n) is 2.64. The van der Waals surface area contributed by atoms with Gasteiger partial charge in [-0.15, -0.1) is 11.8 Å². The van der Waals surface area contributed by atoms with Crippen molar-refractivity contribution in [3.63, 3.8) is 0 Å². The predicted molar refractivity (Wildman–Crippen MR) is 125 cm³/mol. The number of carbonyl (C=O) groups is 3. The third-order valence-corrected chi connectivity index (χ3v) is 4.98. The van der Waals surface area contributed by atoms with Gasteiger partial charge in [-0.3, -0.25) is 9.59 Å². The van der Waals surface area contributed by atoms with Gasteiger partial charge in [0.25, 0.3) is 0 Å². The van der Waals surface area contributed by atoms with Gasteiger partial charge in [-0.25, -0.2) is 4.79 Å². The summed E-state index contributed by atoms with van der Waals surface area (Å²) in [6, 6.07) is 8.90. The number of amides is 3. The van der Waals surface area contributed by atoms with Crippen molar-refractivity contribution in [2.45, 2.75) is 46.8 Å². The number of nitrogens with zero attached hydrogens (tertiary/aromatic N) is 2. The van der Waals surface area contributed by atoms with E-state index in [0.29, 0.717) is 30.4 Å². The van der Waals surface area contributed by atoms with Crippen LogP contribution in [0.2, 0.25) is 0 Å². The van der Waals surface area contributed by atoms with Gasteiger partial charge in [0.1, 0.15) is 11.4 Å². The fraction of sp³-hybridized carbons (Fsp3) is 0.455. The van der Waals surface area contributed by atoms with Crippen LogP contribution in [-0.2, 0) is 20.9 Å². The van der Waals surface area contributed by atoms with E-state index in [1.165, 1.54) is 11.8 Å². The number of nitrogens with one attached hydrogen (secondary N) is 2. The molecule has 10 heteroatoms. The maximum Gasteiger partial charge on any atom is 0.410 e. The molecule has 1 aromatic heterocycles. The summed E-state index contributed by atoms with van der Waals surface area (Å²) >= 11 is 1.18. The summed E-state index contributed by atoms with van der Waals surface area (Å²) in [5.74, 6) is 0.628. The highest BCUT2D eigenvalue weighted by molar-refractivity contribution is 8.00. The Labute approximate surface area is 192 Å². The van der Waals surface area contributed by atoms with E-state index >= 15 is 0 Å². The highest BCUT2D eigenvalue weighted by Crippen LogP contribution is 2.19. The molecule has 0 bridgehead atoms. The van der Waals surface area contributed by atoms with Gasteiger partial charge in [-0.2, -0.15) is 0 Å². The first-order valence-electron chi connectivity index (χ1n) is 10.2. The minimum Gasteiger partial charge on any atom is -0.444 e. The zero-order valence-electron chi connectivity index (χ0n) is 19.1. The monoisotopic (exact) mass is 462 g/mol. The highest BCUT2D eigenvalue weighted by Gasteiger charge is 2.22. The molecule has 32 heavy (non-hydrogen) atoms. The molecule has 0 spiro atoms. The van der Waals surface area contributed by atoms with Gasteiger partial charge in [0, 0.05) is 18.3 Å². The summed E-state index contributed by atoms with van der Waals surface area (Å²) in [7, 11) is 0. The molecule has 3 amide bonds. The highest BCUT2D eigenvalue weighted by atomic mass is 32.2. The standard InChI is InChI=1S/C22H30N4O5S/c1-6-26(21(29)30-22(3,4)5)12-16-9-7-8-10-17(16)23-19(27)13-32-14-20(28)24-18-11-15(2)31-25-18/h7-11H,6,12-14H2,1-5H3,(H,23,27)(H,24,25,28). The summed E-state index contributed by atoms with van der Waals surface area (Å²) in [6.45, 7) is 9.81. The Morgan fingerprint density at radius 2 is 1.78 bits per heavy atom. The largest absolute Gasteiger partial charge is 0.444 e. The summed E-state index contributed by atoms with van der Waals surface area (Å²) < 4.78 is 10.3. The van der Waals surface area contributed by atoms with E-state index in [-0.39, 0.29) is 23.3 Å². The number of benzene rings is 1. The normalized spacial score (nSPS) is 11.0. The first-order valence-corrected chi connectivity index (χ1v) is 11.4. The second kappa shape index (κ2) is 11.6. The van der Waals surface area contributed by atoms with Crippen molar-refractivity contribution in [3.8, 4) is 0 Å². The van der Waals surface area contributed by atoms with Crippen LogP contribution in [0.4, 0.5) is 16.3 Å². The molecule has 0 radical (unpaired) electrons. The third-order valence-electron chi connectivity index (χ3n) is 4.05. The van der Waals surface area contributed by atoms with Crippen LogP contribution in [0.25, 0.3) is 0 Å². The van der Waals surface area contributed by atoms with Gasteiger partial charge in [-0.1, -0.05) is 23.4 Å². The molecule has 0 aliphatic rings. The lowest BCUT2D eigenvalue weighted by Crippen LogP contribution is -2.36. The lowest BCUT2D eigenvalue weighted by molar-refractivity contribution is -0.114. The van der Waals surface area contributed by atoms with Crippen LogP contribution < -0.4 is 10.6 Å². The van der Waals surface area contributed by atoms with Gasteiger partial charge in [-0.05, 0) is 46.2 Å². The maximum absolute atomic E-state index is 12.4. The van der Waals surface area contributed by atoms with Crippen molar-refractivity contribution in [3.05, 3.63) is 41.7 Å². The number of carbonyl (C=O) groups excluding carboxylic acids is 3. The predicted octanol–water partition coefficient (Wildman–Crippen LogP) is 4.05. The summed E-state index contributed by atoms with van der Waals surface area (Å²) in [6.07, 6.45) is -0.412. The molecule has 0 aliphatic carbocycles. The topological polar surface area (TPSA) is 114 Å². The Morgan fingerprint density at radius 3 is 2.38 bits per heavy atom. The van der Waals surface area contributed by atoms with Crippen LogP contribution >= 0.6 is 11.8 Å². The van der Waals surface area contributed by atoms with Crippen molar-refractivity contribution in [2.75, 3.05) is 28.7 Å². The Hall–Kier alpha value is -3.01. The Morgan fingerprint density at radius 1 is 1.12 bits per heavy atom. The zero-order valence-corrected chi connectivity index (χ0v) is 19.9. The number of hydrogen-bond donors (Lipinski definition) is 2. The van der Waals surface area contributed by atoms with E-state index in [9.17, 15) is 14.4 Å². The van der Waals surface area contributed by atoms with Crippen molar-refractivity contribution in [1.82, 2.24) is 10.1 Å². The molecule has 0 aliphatic heterocycles. The molecule has 1 heterocycles. The number of rotatable bonds is 9. The molecule has 174 valence electrons. The minimum atomic E-state index is -0.589. The van der Waals surface area contributed by atoms with Gasteiger partial charge in [0.15, 0.2) is 5.82 Å². The molecular weight excluding hydrogens is 432 g/mol. The molecule has 0 saturated carbocycles. The lowest BCUT2D eigenvalue weighted by atomic mass is 10.1. The van der Waals surface area contributed by atoms with E-state index in [0.717, 1.165) is 5.56 Å².